The second-order valence-corrected chi connectivity index (χ2v) is 4.24. The zero-order valence-corrected chi connectivity index (χ0v) is 10.8. The summed E-state index contributed by atoms with van der Waals surface area (Å²) in [5.41, 5.74) is 3.50. The average Bonchev–Trinajstić information content (AvgIpc) is 2.41. The van der Waals surface area contributed by atoms with Crippen molar-refractivity contribution < 1.29 is 14.3 Å². The van der Waals surface area contributed by atoms with Crippen molar-refractivity contribution in [1.29, 1.82) is 0 Å². The molecule has 0 bridgehead atoms. The summed E-state index contributed by atoms with van der Waals surface area (Å²) in [6.07, 6.45) is 1.30. The number of nitrogens with zero attached hydrogens (tertiary/aromatic N) is 1. The predicted octanol–water partition coefficient (Wildman–Crippen LogP) is 2.60. The Morgan fingerprint density at radius 2 is 2.05 bits per heavy atom. The maximum absolute atomic E-state index is 13.3. The van der Waals surface area contributed by atoms with Crippen molar-refractivity contribution in [3.63, 3.8) is 0 Å². The molecule has 20 heavy (non-hydrogen) atoms. The van der Waals surface area contributed by atoms with Gasteiger partial charge in [-0.05, 0) is 36.8 Å². The standard InChI is InChI=1S/C15H13FN2O2/c1-10-6-7-11(14(19)8-10)9-17-18-15(20)12-4-2-3-5-13(12)16/h2-9,19H,1H3,(H,18,20)/b17-9+. The van der Waals surface area contributed by atoms with Crippen LogP contribution in [0, 0.1) is 12.7 Å². The second kappa shape index (κ2) is 5.97. The van der Waals surface area contributed by atoms with Gasteiger partial charge >= 0.3 is 0 Å². The molecule has 2 rings (SSSR count). The Hall–Kier alpha value is -2.69. The lowest BCUT2D eigenvalue weighted by molar-refractivity contribution is 0.0951. The van der Waals surface area contributed by atoms with Crippen molar-refractivity contribution in [1.82, 2.24) is 5.43 Å². The van der Waals surface area contributed by atoms with Crippen LogP contribution in [0.15, 0.2) is 47.6 Å². The van der Waals surface area contributed by atoms with E-state index in [0.717, 1.165) is 5.56 Å². The fourth-order valence-corrected chi connectivity index (χ4v) is 1.63. The molecule has 102 valence electrons. The maximum Gasteiger partial charge on any atom is 0.274 e. The lowest BCUT2D eigenvalue weighted by atomic mass is 10.1. The molecular weight excluding hydrogens is 259 g/mol. The number of aromatic hydroxyl groups is 1. The highest BCUT2D eigenvalue weighted by Crippen LogP contribution is 2.16. The van der Waals surface area contributed by atoms with Gasteiger partial charge in [-0.2, -0.15) is 5.10 Å². The zero-order chi connectivity index (χ0) is 14.5. The third-order valence-electron chi connectivity index (χ3n) is 2.67. The first-order valence-corrected chi connectivity index (χ1v) is 5.95. The van der Waals surface area contributed by atoms with Crippen molar-refractivity contribution in [3.8, 4) is 5.75 Å². The Kier molecular flexibility index (Phi) is 4.10. The van der Waals surface area contributed by atoms with E-state index < -0.39 is 11.7 Å². The smallest absolute Gasteiger partial charge is 0.274 e. The van der Waals surface area contributed by atoms with Crippen LogP contribution in [0.25, 0.3) is 0 Å². The predicted molar refractivity (Wildman–Crippen MR) is 74.3 cm³/mol. The number of halogens is 1. The number of phenolic OH excluding ortho intramolecular Hbond substituents is 1. The Morgan fingerprint density at radius 3 is 2.75 bits per heavy atom. The summed E-state index contributed by atoms with van der Waals surface area (Å²) in [5.74, 6) is -1.20. The van der Waals surface area contributed by atoms with E-state index in [9.17, 15) is 14.3 Å². The summed E-state index contributed by atoms with van der Waals surface area (Å²) in [4.78, 5) is 11.7. The number of phenols is 1. The molecule has 0 saturated heterocycles. The Bertz CT molecular complexity index is 669. The molecule has 1 amide bonds. The molecular formula is C15H13FN2O2. The largest absolute Gasteiger partial charge is 0.507 e. The molecule has 2 aromatic rings. The molecule has 0 atom stereocenters. The quantitative estimate of drug-likeness (QED) is 0.666. The topological polar surface area (TPSA) is 61.7 Å². The van der Waals surface area contributed by atoms with Crippen molar-refractivity contribution in [2.24, 2.45) is 5.10 Å². The molecule has 0 aliphatic carbocycles. The summed E-state index contributed by atoms with van der Waals surface area (Å²) < 4.78 is 13.3. The van der Waals surface area contributed by atoms with Crippen LogP contribution in [0.1, 0.15) is 21.5 Å². The lowest BCUT2D eigenvalue weighted by Gasteiger charge is -2.02. The average molecular weight is 272 g/mol. The fourth-order valence-electron chi connectivity index (χ4n) is 1.63. The van der Waals surface area contributed by atoms with Crippen molar-refractivity contribution >= 4 is 12.1 Å². The van der Waals surface area contributed by atoms with Crippen LogP contribution in [-0.4, -0.2) is 17.2 Å². The van der Waals surface area contributed by atoms with Gasteiger partial charge in [-0.25, -0.2) is 9.82 Å². The Morgan fingerprint density at radius 1 is 1.30 bits per heavy atom. The van der Waals surface area contributed by atoms with Gasteiger partial charge in [0.05, 0.1) is 11.8 Å². The lowest BCUT2D eigenvalue weighted by Crippen LogP contribution is -2.18. The van der Waals surface area contributed by atoms with Crippen LogP contribution < -0.4 is 5.43 Å². The van der Waals surface area contributed by atoms with Crippen molar-refractivity contribution in [2.45, 2.75) is 6.92 Å². The molecule has 0 fully saturated rings. The van der Waals surface area contributed by atoms with E-state index in [2.05, 4.69) is 10.5 Å². The first-order valence-electron chi connectivity index (χ1n) is 5.95. The van der Waals surface area contributed by atoms with E-state index in [4.69, 9.17) is 0 Å². The number of hydrogen-bond acceptors (Lipinski definition) is 3. The van der Waals surface area contributed by atoms with Gasteiger partial charge in [0.25, 0.3) is 5.91 Å². The molecule has 0 aromatic heterocycles. The van der Waals surface area contributed by atoms with Crippen molar-refractivity contribution in [2.75, 3.05) is 0 Å². The number of carbonyl (C=O) groups is 1. The van der Waals surface area contributed by atoms with E-state index in [-0.39, 0.29) is 11.3 Å². The Balaban J connectivity index is 2.07. The Labute approximate surface area is 115 Å². The highest BCUT2D eigenvalue weighted by atomic mass is 19.1. The number of carbonyl (C=O) groups excluding carboxylic acids is 1. The number of amides is 1. The summed E-state index contributed by atoms with van der Waals surface area (Å²) in [6.45, 7) is 1.85. The molecule has 0 heterocycles. The van der Waals surface area contributed by atoms with Crippen LogP contribution in [0.2, 0.25) is 0 Å². The van der Waals surface area contributed by atoms with E-state index in [1.807, 2.05) is 6.92 Å². The summed E-state index contributed by atoms with van der Waals surface area (Å²) in [5, 5.41) is 13.4. The van der Waals surface area contributed by atoms with Gasteiger partial charge in [0.1, 0.15) is 11.6 Å². The molecule has 0 unspecified atom stereocenters. The summed E-state index contributed by atoms with van der Waals surface area (Å²) in [7, 11) is 0. The minimum absolute atomic E-state index is 0.0638. The first-order chi connectivity index (χ1) is 9.58. The number of benzene rings is 2. The molecule has 0 saturated carbocycles. The van der Waals surface area contributed by atoms with Gasteiger partial charge in [0.15, 0.2) is 0 Å². The molecule has 5 heteroatoms. The van der Waals surface area contributed by atoms with Gasteiger partial charge < -0.3 is 5.11 Å². The van der Waals surface area contributed by atoms with Gasteiger partial charge in [-0.1, -0.05) is 18.2 Å². The van der Waals surface area contributed by atoms with E-state index >= 15 is 0 Å². The highest BCUT2D eigenvalue weighted by molar-refractivity contribution is 5.95. The normalized spacial score (nSPS) is 10.7. The molecule has 2 aromatic carbocycles. The van der Waals surface area contributed by atoms with Gasteiger partial charge in [-0.3, -0.25) is 4.79 Å². The van der Waals surface area contributed by atoms with Crippen LogP contribution >= 0.6 is 0 Å². The third-order valence-corrected chi connectivity index (χ3v) is 2.67. The molecule has 0 spiro atoms. The molecule has 2 N–H and O–H groups in total. The molecule has 0 radical (unpaired) electrons. The van der Waals surface area contributed by atoms with Gasteiger partial charge in [0.2, 0.25) is 0 Å². The number of aryl methyl sites for hydroxylation is 1. The number of nitrogens with one attached hydrogen (secondary N) is 1. The van der Waals surface area contributed by atoms with E-state index in [0.29, 0.717) is 5.56 Å². The van der Waals surface area contributed by atoms with Crippen molar-refractivity contribution in [3.05, 3.63) is 65.0 Å². The minimum atomic E-state index is -0.647. The number of hydrogen-bond donors (Lipinski definition) is 2. The van der Waals surface area contributed by atoms with Crippen LogP contribution in [-0.2, 0) is 0 Å². The zero-order valence-electron chi connectivity index (χ0n) is 10.8. The van der Waals surface area contributed by atoms with Crippen LogP contribution in [0.4, 0.5) is 4.39 Å². The van der Waals surface area contributed by atoms with Gasteiger partial charge in [-0.15, -0.1) is 0 Å². The first kappa shape index (κ1) is 13.7. The maximum atomic E-state index is 13.3. The molecule has 0 aliphatic rings. The number of rotatable bonds is 3. The van der Waals surface area contributed by atoms with E-state index in [1.165, 1.54) is 24.4 Å². The number of hydrazone groups is 1. The fraction of sp³-hybridized carbons (Fsp3) is 0.0667. The minimum Gasteiger partial charge on any atom is -0.507 e. The van der Waals surface area contributed by atoms with E-state index in [1.54, 1.807) is 24.3 Å². The van der Waals surface area contributed by atoms with Crippen LogP contribution in [0.3, 0.4) is 0 Å². The van der Waals surface area contributed by atoms with Gasteiger partial charge in [0, 0.05) is 5.56 Å². The SMILES string of the molecule is Cc1ccc(/C=N/NC(=O)c2ccccc2F)c(O)c1. The molecule has 0 aliphatic heterocycles. The third kappa shape index (κ3) is 3.20. The molecule has 4 nitrogen and oxygen atoms in total. The second-order valence-electron chi connectivity index (χ2n) is 4.24. The highest BCUT2D eigenvalue weighted by Gasteiger charge is 2.09. The monoisotopic (exact) mass is 272 g/mol. The summed E-state index contributed by atoms with van der Waals surface area (Å²) >= 11 is 0. The summed E-state index contributed by atoms with van der Waals surface area (Å²) in [6, 6.07) is 10.7. The van der Waals surface area contributed by atoms with Crippen LogP contribution in [0.5, 0.6) is 5.75 Å².